The lowest BCUT2D eigenvalue weighted by Crippen LogP contribution is -2.42. The summed E-state index contributed by atoms with van der Waals surface area (Å²) in [5.41, 5.74) is 2.39. The van der Waals surface area contributed by atoms with Crippen molar-refractivity contribution >= 4 is 5.91 Å². The summed E-state index contributed by atoms with van der Waals surface area (Å²) in [6.45, 7) is 7.06. The smallest absolute Gasteiger partial charge is 0.227 e. The van der Waals surface area contributed by atoms with Crippen molar-refractivity contribution in [3.8, 4) is 5.75 Å². The lowest BCUT2D eigenvalue weighted by molar-refractivity contribution is -0.124. The summed E-state index contributed by atoms with van der Waals surface area (Å²) in [6.07, 6.45) is 18.9. The summed E-state index contributed by atoms with van der Waals surface area (Å²) in [5, 5.41) is 13.6. The monoisotopic (exact) mass is 475 g/mol. The van der Waals surface area contributed by atoms with Crippen LogP contribution in [0.4, 0.5) is 0 Å². The Labute approximate surface area is 210 Å². The molecule has 2 aliphatic carbocycles. The number of fused-ring (bicyclic) bond motifs is 2. The Kier molecular flexibility index (Phi) is 7.74. The summed E-state index contributed by atoms with van der Waals surface area (Å²) in [4.78, 5) is 18.2. The average molecular weight is 476 g/mol. The molecule has 1 saturated carbocycles. The van der Waals surface area contributed by atoms with Crippen LogP contribution < -0.4 is 5.32 Å². The summed E-state index contributed by atoms with van der Waals surface area (Å²) in [7, 11) is 0. The maximum absolute atomic E-state index is 13.0. The van der Waals surface area contributed by atoms with E-state index in [1.54, 1.807) is 6.07 Å². The fourth-order valence-electron chi connectivity index (χ4n) is 6.77. The fraction of sp³-hybridized carbons (Fsp3) is 0.567. The van der Waals surface area contributed by atoms with Gasteiger partial charge in [-0.25, -0.2) is 0 Å². The molecular weight excluding hydrogens is 434 g/mol. The van der Waals surface area contributed by atoms with Crippen LogP contribution in [-0.4, -0.2) is 58.6 Å². The number of rotatable bonds is 7. The van der Waals surface area contributed by atoms with Crippen molar-refractivity contribution < 1.29 is 9.90 Å². The van der Waals surface area contributed by atoms with Crippen LogP contribution in [-0.2, 0) is 4.79 Å². The highest BCUT2D eigenvalue weighted by atomic mass is 16.3. The Balaban J connectivity index is 1.36. The molecule has 188 valence electrons. The van der Waals surface area contributed by atoms with Crippen LogP contribution in [0, 0.1) is 5.92 Å². The van der Waals surface area contributed by atoms with Crippen LogP contribution in [0.15, 0.2) is 60.7 Å². The average Bonchev–Trinajstić information content (AvgIpc) is 3.16. The first-order valence-corrected chi connectivity index (χ1v) is 13.7. The van der Waals surface area contributed by atoms with Gasteiger partial charge in [-0.3, -0.25) is 14.6 Å². The van der Waals surface area contributed by atoms with Gasteiger partial charge in [-0.2, -0.15) is 0 Å². The van der Waals surface area contributed by atoms with E-state index in [1.165, 1.54) is 37.7 Å². The van der Waals surface area contributed by atoms with Crippen molar-refractivity contribution in [1.29, 1.82) is 0 Å². The summed E-state index contributed by atoms with van der Waals surface area (Å²) in [6, 6.07) is 9.23. The molecule has 0 aromatic heterocycles. The first-order valence-electron chi connectivity index (χ1n) is 13.7. The van der Waals surface area contributed by atoms with Crippen LogP contribution in [0.2, 0.25) is 0 Å². The number of nitrogens with one attached hydrogen (secondary N) is 1. The summed E-state index contributed by atoms with van der Waals surface area (Å²) < 4.78 is 0. The molecule has 4 unspecified atom stereocenters. The quantitative estimate of drug-likeness (QED) is 0.538. The number of aromatic hydroxyl groups is 1. The van der Waals surface area contributed by atoms with E-state index in [1.807, 2.05) is 18.2 Å². The molecule has 2 bridgehead atoms. The molecule has 1 aromatic carbocycles. The number of carbonyl (C=O) groups is 1. The Bertz CT molecular complexity index is 964. The van der Waals surface area contributed by atoms with Gasteiger partial charge in [0.1, 0.15) is 5.75 Å². The Morgan fingerprint density at radius 3 is 2.71 bits per heavy atom. The molecule has 4 aliphatic rings. The van der Waals surface area contributed by atoms with Crippen LogP contribution in [0.3, 0.4) is 0 Å². The lowest BCUT2D eigenvalue weighted by Gasteiger charge is -2.38. The number of hydrogen-bond donors (Lipinski definition) is 2. The van der Waals surface area contributed by atoms with Crippen molar-refractivity contribution in [2.75, 3.05) is 19.6 Å². The third kappa shape index (κ3) is 5.57. The van der Waals surface area contributed by atoms with E-state index in [0.717, 1.165) is 50.9 Å². The zero-order valence-electron chi connectivity index (χ0n) is 20.9. The number of phenols is 1. The van der Waals surface area contributed by atoms with Crippen LogP contribution in [0.5, 0.6) is 5.75 Å². The van der Waals surface area contributed by atoms with E-state index in [0.29, 0.717) is 23.9 Å². The molecule has 2 saturated heterocycles. The molecule has 2 heterocycles. The van der Waals surface area contributed by atoms with E-state index in [4.69, 9.17) is 0 Å². The normalized spacial score (nSPS) is 28.8. The maximum Gasteiger partial charge on any atom is 0.227 e. The topological polar surface area (TPSA) is 55.8 Å². The number of likely N-dealkylation sites (tertiary alicyclic amines) is 1. The third-order valence-corrected chi connectivity index (χ3v) is 8.53. The van der Waals surface area contributed by atoms with Gasteiger partial charge in [-0.15, -0.1) is 6.58 Å². The van der Waals surface area contributed by atoms with Gasteiger partial charge in [0.25, 0.3) is 0 Å². The first-order chi connectivity index (χ1) is 17.1. The van der Waals surface area contributed by atoms with Crippen molar-refractivity contribution in [3.05, 3.63) is 66.3 Å². The molecule has 2 N–H and O–H groups in total. The lowest BCUT2D eigenvalue weighted by atomic mass is 9.87. The second kappa shape index (κ2) is 11.1. The minimum absolute atomic E-state index is 0.0885. The predicted octanol–water partition coefficient (Wildman–Crippen LogP) is 5.11. The van der Waals surface area contributed by atoms with E-state index in [2.05, 4.69) is 46.0 Å². The zero-order chi connectivity index (χ0) is 24.2. The molecule has 2 aliphatic heterocycles. The van der Waals surface area contributed by atoms with Gasteiger partial charge >= 0.3 is 0 Å². The van der Waals surface area contributed by atoms with Crippen LogP contribution in [0.1, 0.15) is 69.4 Å². The van der Waals surface area contributed by atoms with E-state index < -0.39 is 0 Å². The predicted molar refractivity (Wildman–Crippen MR) is 141 cm³/mol. The second-order valence-electron chi connectivity index (χ2n) is 10.9. The number of hydrogen-bond acceptors (Lipinski definition) is 4. The van der Waals surface area contributed by atoms with Gasteiger partial charge in [0, 0.05) is 37.8 Å². The highest BCUT2D eigenvalue weighted by Crippen LogP contribution is 2.43. The van der Waals surface area contributed by atoms with Crippen molar-refractivity contribution in [2.24, 2.45) is 5.92 Å². The molecule has 1 amide bonds. The molecule has 0 spiro atoms. The number of amides is 1. The minimum Gasteiger partial charge on any atom is -0.508 e. The van der Waals surface area contributed by atoms with Gasteiger partial charge in [-0.1, -0.05) is 55.7 Å². The molecule has 5 rings (SSSR count). The van der Waals surface area contributed by atoms with Crippen molar-refractivity contribution in [3.63, 3.8) is 0 Å². The van der Waals surface area contributed by atoms with Gasteiger partial charge in [0.2, 0.25) is 5.91 Å². The Hall–Kier alpha value is -2.37. The SMILES string of the molecule is C=CCN1CCC2CCC(C1)N2C(C1=CCC(C(=O)NC2CCCCC2)C=C1)c1cccc(O)c1. The molecule has 35 heavy (non-hydrogen) atoms. The van der Waals surface area contributed by atoms with Crippen LogP contribution >= 0.6 is 0 Å². The fourth-order valence-corrected chi connectivity index (χ4v) is 6.77. The van der Waals surface area contributed by atoms with Crippen molar-refractivity contribution in [1.82, 2.24) is 15.1 Å². The van der Waals surface area contributed by atoms with Gasteiger partial charge in [-0.05, 0) is 61.8 Å². The molecule has 1 aromatic rings. The zero-order valence-corrected chi connectivity index (χ0v) is 20.9. The standard InChI is InChI=1S/C30H41N3O2/c1-2-18-32-19-17-26-15-16-27(21-32)33(26)29(24-7-6-10-28(34)20-24)22-11-13-23(14-12-22)30(35)31-25-8-4-3-5-9-25/h2,6-7,10-13,20,23,25-27,29,34H,1,3-5,8-9,14-19,21H2,(H,31,35). The number of benzene rings is 1. The summed E-state index contributed by atoms with van der Waals surface area (Å²) >= 11 is 0. The van der Waals surface area contributed by atoms with Gasteiger partial charge < -0.3 is 10.4 Å². The first kappa shape index (κ1) is 24.3. The molecule has 5 heteroatoms. The maximum atomic E-state index is 13.0. The molecule has 5 nitrogen and oxygen atoms in total. The third-order valence-electron chi connectivity index (χ3n) is 8.53. The van der Waals surface area contributed by atoms with Crippen molar-refractivity contribution in [2.45, 2.75) is 82.0 Å². The Morgan fingerprint density at radius 2 is 1.97 bits per heavy atom. The molecule has 3 fully saturated rings. The number of phenolic OH excluding ortho intramolecular Hbond substituents is 1. The van der Waals surface area contributed by atoms with Gasteiger partial charge in [0.15, 0.2) is 0 Å². The van der Waals surface area contributed by atoms with E-state index >= 15 is 0 Å². The molecule has 0 radical (unpaired) electrons. The Morgan fingerprint density at radius 1 is 1.14 bits per heavy atom. The number of nitrogens with zero attached hydrogens (tertiary/aromatic N) is 2. The molecule has 4 atom stereocenters. The molecular formula is C30H41N3O2. The summed E-state index contributed by atoms with van der Waals surface area (Å²) in [5.74, 6) is 0.398. The highest BCUT2D eigenvalue weighted by molar-refractivity contribution is 5.81. The second-order valence-corrected chi connectivity index (χ2v) is 10.9. The van der Waals surface area contributed by atoms with Crippen LogP contribution in [0.25, 0.3) is 0 Å². The van der Waals surface area contributed by atoms with E-state index in [-0.39, 0.29) is 17.9 Å². The van der Waals surface area contributed by atoms with E-state index in [9.17, 15) is 9.90 Å². The number of carbonyl (C=O) groups excluding carboxylic acids is 1. The highest BCUT2D eigenvalue weighted by Gasteiger charge is 2.42. The minimum atomic E-state index is -0.0885. The largest absolute Gasteiger partial charge is 0.508 e. The van der Waals surface area contributed by atoms with Gasteiger partial charge in [0.05, 0.1) is 12.0 Å². The number of allylic oxidation sites excluding steroid dienone is 1.